The molecule has 0 spiro atoms. The minimum absolute atomic E-state index is 0.00993. The predicted molar refractivity (Wildman–Crippen MR) is 119 cm³/mol. The average molecular weight is 439 g/mol. The Kier molecular flexibility index (Phi) is 5.88. The zero-order valence-corrected chi connectivity index (χ0v) is 17.5. The number of sulfone groups is 1. The van der Waals surface area contributed by atoms with Crippen LogP contribution in [0.1, 0.15) is 5.56 Å². The molecule has 0 aliphatic carbocycles. The van der Waals surface area contributed by atoms with Crippen LogP contribution in [0.2, 0.25) is 0 Å². The summed E-state index contributed by atoms with van der Waals surface area (Å²) in [5.41, 5.74) is 8.10. The Morgan fingerprint density at radius 2 is 1.74 bits per heavy atom. The van der Waals surface area contributed by atoms with Crippen LogP contribution in [0.15, 0.2) is 65.2 Å². The van der Waals surface area contributed by atoms with Crippen molar-refractivity contribution < 1.29 is 18.3 Å². The van der Waals surface area contributed by atoms with Gasteiger partial charge in [0.2, 0.25) is 5.95 Å². The number of nitrogens with two attached hydrogens (primary N) is 1. The first-order valence-electron chi connectivity index (χ1n) is 9.69. The number of benzene rings is 2. The number of rotatable bonds is 5. The van der Waals surface area contributed by atoms with E-state index < -0.39 is 9.84 Å². The van der Waals surface area contributed by atoms with E-state index in [0.29, 0.717) is 43.0 Å². The fourth-order valence-corrected chi connectivity index (χ4v) is 4.33. The first kappa shape index (κ1) is 20.8. The minimum atomic E-state index is -3.79. The van der Waals surface area contributed by atoms with Crippen molar-refractivity contribution in [2.24, 2.45) is 0 Å². The quantitative estimate of drug-likeness (QED) is 0.624. The Morgan fingerprint density at radius 3 is 2.45 bits per heavy atom. The Labute approximate surface area is 180 Å². The van der Waals surface area contributed by atoms with E-state index in [4.69, 9.17) is 10.5 Å². The molecule has 4 rings (SSSR count). The maximum Gasteiger partial charge on any atom is 0.219 e. The Bertz CT molecular complexity index is 1200. The molecule has 0 unspecified atom stereocenters. The van der Waals surface area contributed by atoms with Crippen LogP contribution >= 0.6 is 0 Å². The van der Waals surface area contributed by atoms with Gasteiger partial charge in [-0.3, -0.25) is 0 Å². The molecule has 1 aliphatic heterocycles. The molecule has 1 aromatic heterocycles. The second-order valence-electron chi connectivity index (χ2n) is 7.05. The first-order valence-corrected chi connectivity index (χ1v) is 11.2. The number of ether oxygens (including phenoxy) is 1. The van der Waals surface area contributed by atoms with Crippen LogP contribution in [0.25, 0.3) is 17.2 Å². The fourth-order valence-electron chi connectivity index (χ4n) is 3.28. The van der Waals surface area contributed by atoms with E-state index in [1.165, 1.54) is 12.1 Å². The molecule has 9 heteroatoms. The number of hydrogen-bond acceptors (Lipinski definition) is 8. The van der Waals surface area contributed by atoms with Crippen LogP contribution < -0.4 is 10.6 Å². The highest BCUT2D eigenvalue weighted by atomic mass is 32.2. The summed E-state index contributed by atoms with van der Waals surface area (Å²) < 4.78 is 31.7. The molecule has 3 N–H and O–H groups in total. The van der Waals surface area contributed by atoms with Crippen molar-refractivity contribution in [2.75, 3.05) is 36.9 Å². The zero-order valence-electron chi connectivity index (χ0n) is 16.7. The largest absolute Gasteiger partial charge is 0.507 e. The molecule has 0 bridgehead atoms. The molecule has 0 radical (unpaired) electrons. The molecule has 3 aromatic rings. The molecule has 160 valence electrons. The molecule has 0 atom stereocenters. The van der Waals surface area contributed by atoms with Crippen molar-refractivity contribution in [1.29, 1.82) is 0 Å². The third-order valence-electron chi connectivity index (χ3n) is 4.96. The van der Waals surface area contributed by atoms with Crippen molar-refractivity contribution in [1.82, 2.24) is 9.97 Å². The van der Waals surface area contributed by atoms with Gasteiger partial charge in [0.05, 0.1) is 18.1 Å². The van der Waals surface area contributed by atoms with Crippen LogP contribution in [-0.2, 0) is 14.6 Å². The first-order chi connectivity index (χ1) is 14.9. The normalized spacial score (nSPS) is 14.8. The third-order valence-corrected chi connectivity index (χ3v) is 6.35. The summed E-state index contributed by atoms with van der Waals surface area (Å²) in [6, 6.07) is 11.7. The highest BCUT2D eigenvalue weighted by molar-refractivity contribution is 7.94. The summed E-state index contributed by atoms with van der Waals surface area (Å²) in [5, 5.41) is 11.0. The summed E-state index contributed by atoms with van der Waals surface area (Å²) in [5.74, 6) is 0.155. The van der Waals surface area contributed by atoms with E-state index in [-0.39, 0.29) is 16.6 Å². The van der Waals surface area contributed by atoms with E-state index in [2.05, 4.69) is 14.9 Å². The van der Waals surface area contributed by atoms with E-state index >= 15 is 0 Å². The summed E-state index contributed by atoms with van der Waals surface area (Å²) in [4.78, 5) is 10.2. The fraction of sp³-hybridized carbons (Fsp3) is 0.182. The number of nitrogen functional groups attached to an aromatic ring is 1. The molecule has 8 nitrogen and oxygen atoms in total. The molecule has 1 aliphatic rings. The maximum absolute atomic E-state index is 13.1. The monoisotopic (exact) mass is 438 g/mol. The van der Waals surface area contributed by atoms with Crippen molar-refractivity contribution in [3.63, 3.8) is 0 Å². The average Bonchev–Trinajstić information content (AvgIpc) is 2.79. The Morgan fingerprint density at radius 1 is 1.03 bits per heavy atom. The standard InChI is InChI=1S/C22H22N4O4S/c23-22-24-14-18(15-25-22)17-11-19(26-6-8-30-9-7-26)13-20(12-17)31(28,29)10-5-16-3-1-2-4-21(16)27/h1-5,10-15,27H,6-9H2,(H2,23,24,25). The number of aromatic nitrogens is 2. The summed E-state index contributed by atoms with van der Waals surface area (Å²) >= 11 is 0. The summed E-state index contributed by atoms with van der Waals surface area (Å²) in [7, 11) is -3.79. The topological polar surface area (TPSA) is 119 Å². The molecular weight excluding hydrogens is 416 g/mol. The molecule has 0 amide bonds. The van der Waals surface area contributed by atoms with E-state index in [0.717, 1.165) is 11.1 Å². The second-order valence-corrected chi connectivity index (χ2v) is 8.89. The van der Waals surface area contributed by atoms with Gasteiger partial charge in [0.1, 0.15) is 5.75 Å². The van der Waals surface area contributed by atoms with Crippen molar-refractivity contribution in [2.45, 2.75) is 4.90 Å². The highest BCUT2D eigenvalue weighted by Gasteiger charge is 2.18. The van der Waals surface area contributed by atoms with Gasteiger partial charge in [-0.15, -0.1) is 0 Å². The van der Waals surface area contributed by atoms with Gasteiger partial charge in [-0.1, -0.05) is 18.2 Å². The van der Waals surface area contributed by atoms with Crippen LogP contribution in [0.3, 0.4) is 0 Å². The third kappa shape index (κ3) is 4.84. The Hall–Kier alpha value is -3.43. The smallest absolute Gasteiger partial charge is 0.219 e. The number of anilines is 2. The maximum atomic E-state index is 13.1. The lowest BCUT2D eigenvalue weighted by Crippen LogP contribution is -2.36. The van der Waals surface area contributed by atoms with Crippen LogP contribution in [0.4, 0.5) is 11.6 Å². The van der Waals surface area contributed by atoms with Crippen molar-refractivity contribution in [3.8, 4) is 16.9 Å². The molecule has 2 aromatic carbocycles. The number of hydrogen-bond donors (Lipinski definition) is 2. The van der Waals surface area contributed by atoms with Gasteiger partial charge in [0.15, 0.2) is 9.84 Å². The molecule has 1 fully saturated rings. The molecule has 1 saturated heterocycles. The van der Waals surface area contributed by atoms with Crippen LogP contribution in [-0.4, -0.2) is 49.8 Å². The van der Waals surface area contributed by atoms with Crippen molar-refractivity contribution >= 4 is 27.5 Å². The lowest BCUT2D eigenvalue weighted by Gasteiger charge is -2.29. The summed E-state index contributed by atoms with van der Waals surface area (Å²) in [6.45, 7) is 2.47. The number of morpholine rings is 1. The van der Waals surface area contributed by atoms with E-state index in [1.54, 1.807) is 42.7 Å². The number of nitrogens with zero attached hydrogens (tertiary/aromatic N) is 3. The molecular formula is C22H22N4O4S. The van der Waals surface area contributed by atoms with Gasteiger partial charge in [0, 0.05) is 47.7 Å². The number of aromatic hydroxyl groups is 1. The van der Waals surface area contributed by atoms with Crippen molar-refractivity contribution in [3.05, 3.63) is 65.8 Å². The second kappa shape index (κ2) is 8.75. The van der Waals surface area contributed by atoms with Gasteiger partial charge in [-0.2, -0.15) is 0 Å². The molecule has 2 heterocycles. The molecule has 31 heavy (non-hydrogen) atoms. The Balaban J connectivity index is 1.77. The van der Waals surface area contributed by atoms with E-state index in [1.807, 2.05) is 6.07 Å². The highest BCUT2D eigenvalue weighted by Crippen LogP contribution is 2.30. The van der Waals surface area contributed by atoms with Gasteiger partial charge < -0.3 is 20.5 Å². The summed E-state index contributed by atoms with van der Waals surface area (Å²) in [6.07, 6.45) is 4.52. The lowest BCUT2D eigenvalue weighted by molar-refractivity contribution is 0.122. The number of phenols is 1. The zero-order chi connectivity index (χ0) is 21.8. The van der Waals surface area contributed by atoms with Gasteiger partial charge in [-0.25, -0.2) is 18.4 Å². The van der Waals surface area contributed by atoms with E-state index in [9.17, 15) is 13.5 Å². The molecule has 0 saturated carbocycles. The van der Waals surface area contributed by atoms with Crippen LogP contribution in [0.5, 0.6) is 5.75 Å². The van der Waals surface area contributed by atoms with Gasteiger partial charge in [0.25, 0.3) is 0 Å². The van der Waals surface area contributed by atoms with Gasteiger partial charge in [-0.05, 0) is 35.9 Å². The lowest BCUT2D eigenvalue weighted by atomic mass is 10.1. The van der Waals surface area contributed by atoms with Crippen LogP contribution in [0, 0.1) is 0 Å². The predicted octanol–water partition coefficient (Wildman–Crippen LogP) is 2.71. The SMILES string of the molecule is Nc1ncc(-c2cc(N3CCOCC3)cc(S(=O)(=O)C=Cc3ccccc3O)c2)cn1. The number of phenolic OH excluding ortho intramolecular Hbond substituents is 1. The number of para-hydroxylation sites is 1. The minimum Gasteiger partial charge on any atom is -0.507 e. The van der Waals surface area contributed by atoms with Gasteiger partial charge >= 0.3 is 0 Å².